The van der Waals surface area contributed by atoms with Crippen molar-refractivity contribution in [3.8, 4) is 0 Å². The Morgan fingerprint density at radius 1 is 1.42 bits per heavy atom. The minimum Gasteiger partial charge on any atom is -0.342 e. The van der Waals surface area contributed by atoms with Crippen molar-refractivity contribution in [3.63, 3.8) is 0 Å². The molecule has 0 bridgehead atoms. The van der Waals surface area contributed by atoms with Crippen LogP contribution in [0.4, 0.5) is 0 Å². The lowest BCUT2D eigenvalue weighted by atomic mass is 9.97. The molecule has 1 atom stereocenters. The van der Waals surface area contributed by atoms with E-state index in [-0.39, 0.29) is 11.8 Å². The van der Waals surface area contributed by atoms with Crippen LogP contribution < -0.4 is 5.73 Å². The van der Waals surface area contributed by atoms with Gasteiger partial charge in [0.1, 0.15) is 0 Å². The molecule has 0 radical (unpaired) electrons. The molecule has 1 aliphatic heterocycles. The minimum absolute atomic E-state index is 0.110. The highest BCUT2D eigenvalue weighted by molar-refractivity contribution is 5.79. The number of rotatable bonds is 4. The number of likely N-dealkylation sites (tertiary alicyclic amines) is 1. The summed E-state index contributed by atoms with van der Waals surface area (Å²) in [6.07, 6.45) is 6.02. The third-order valence-electron chi connectivity index (χ3n) is 4.10. The number of nitrogens with two attached hydrogens (primary N) is 1. The average Bonchev–Trinajstić information content (AvgIpc) is 2.76. The van der Waals surface area contributed by atoms with E-state index in [0.717, 1.165) is 37.2 Å². The Morgan fingerprint density at radius 2 is 2.11 bits per heavy atom. The predicted molar refractivity (Wildman–Crippen MR) is 74.6 cm³/mol. The Hall–Kier alpha value is -1.36. The van der Waals surface area contributed by atoms with Crippen LogP contribution in [0.5, 0.6) is 0 Å². The van der Waals surface area contributed by atoms with Crippen LogP contribution in [0.25, 0.3) is 0 Å². The summed E-state index contributed by atoms with van der Waals surface area (Å²) in [6.45, 7) is 4.22. The molecule has 0 aromatic carbocycles. The number of carbonyl (C=O) groups excluding carboxylic acids is 1. The molecule has 1 aliphatic rings. The van der Waals surface area contributed by atoms with Gasteiger partial charge >= 0.3 is 0 Å². The molecule has 1 aromatic rings. The summed E-state index contributed by atoms with van der Waals surface area (Å²) in [5.41, 5.74) is 8.05. The number of amides is 1. The molecule has 2 N–H and O–H groups in total. The van der Waals surface area contributed by atoms with Gasteiger partial charge in [-0.05, 0) is 38.2 Å². The van der Waals surface area contributed by atoms with E-state index in [9.17, 15) is 4.79 Å². The topological polar surface area (TPSA) is 64.2 Å². The van der Waals surface area contributed by atoms with Gasteiger partial charge in [-0.25, -0.2) is 0 Å². The Balaban J connectivity index is 2.03. The van der Waals surface area contributed by atoms with Crippen molar-refractivity contribution < 1.29 is 4.79 Å². The monoisotopic (exact) mass is 264 g/mol. The first-order valence-corrected chi connectivity index (χ1v) is 7.09. The molecule has 1 aromatic heterocycles. The van der Waals surface area contributed by atoms with Crippen molar-refractivity contribution in [3.05, 3.63) is 17.5 Å². The molecule has 2 heterocycles. The molecule has 106 valence electrons. The Bertz CT molecular complexity index is 435. The van der Waals surface area contributed by atoms with Crippen LogP contribution in [0.15, 0.2) is 6.20 Å². The van der Waals surface area contributed by atoms with Crippen molar-refractivity contribution in [2.75, 3.05) is 19.6 Å². The molecule has 1 saturated heterocycles. The van der Waals surface area contributed by atoms with Crippen LogP contribution >= 0.6 is 0 Å². The number of carbonyl (C=O) groups is 1. The third kappa shape index (κ3) is 3.15. The van der Waals surface area contributed by atoms with Gasteiger partial charge in [0.05, 0.1) is 12.1 Å². The Kier molecular flexibility index (Phi) is 4.58. The maximum Gasteiger partial charge on any atom is 0.227 e. The van der Waals surface area contributed by atoms with E-state index in [0.29, 0.717) is 13.0 Å². The molecule has 1 fully saturated rings. The molecule has 0 aliphatic carbocycles. The first-order valence-electron chi connectivity index (χ1n) is 7.09. The van der Waals surface area contributed by atoms with Gasteiger partial charge in [-0.15, -0.1) is 0 Å². The standard InChI is InChI=1S/C14H24N4O/c1-11-13(10-16-17(11)2)8-12(9-15)14(19)18-6-4-3-5-7-18/h10,12H,3-9,15H2,1-2H3. The lowest BCUT2D eigenvalue weighted by Crippen LogP contribution is -2.42. The zero-order chi connectivity index (χ0) is 13.8. The van der Waals surface area contributed by atoms with E-state index < -0.39 is 0 Å². The number of piperidine rings is 1. The Morgan fingerprint density at radius 3 is 2.63 bits per heavy atom. The fourth-order valence-electron chi connectivity index (χ4n) is 2.65. The second-order valence-electron chi connectivity index (χ2n) is 5.40. The smallest absolute Gasteiger partial charge is 0.227 e. The van der Waals surface area contributed by atoms with Gasteiger partial charge in [0.15, 0.2) is 0 Å². The summed E-state index contributed by atoms with van der Waals surface area (Å²) >= 11 is 0. The van der Waals surface area contributed by atoms with E-state index in [1.165, 1.54) is 6.42 Å². The van der Waals surface area contributed by atoms with Gasteiger partial charge in [0.2, 0.25) is 5.91 Å². The molecule has 0 spiro atoms. The summed E-state index contributed by atoms with van der Waals surface area (Å²) in [7, 11) is 1.92. The molecule has 5 nitrogen and oxygen atoms in total. The average molecular weight is 264 g/mol. The first-order chi connectivity index (χ1) is 9.13. The van der Waals surface area contributed by atoms with Gasteiger partial charge in [-0.1, -0.05) is 0 Å². The summed E-state index contributed by atoms with van der Waals surface area (Å²) in [5.74, 6) is 0.103. The molecule has 0 saturated carbocycles. The first kappa shape index (κ1) is 14.1. The number of hydrogen-bond donors (Lipinski definition) is 1. The lowest BCUT2D eigenvalue weighted by molar-refractivity contribution is -0.136. The molecule has 1 amide bonds. The van der Waals surface area contributed by atoms with E-state index >= 15 is 0 Å². The molecule has 1 unspecified atom stereocenters. The van der Waals surface area contributed by atoms with E-state index in [2.05, 4.69) is 5.10 Å². The van der Waals surface area contributed by atoms with Crippen molar-refractivity contribution in [1.82, 2.24) is 14.7 Å². The summed E-state index contributed by atoms with van der Waals surface area (Å²) in [5, 5.41) is 4.23. The third-order valence-corrected chi connectivity index (χ3v) is 4.10. The highest BCUT2D eigenvalue weighted by atomic mass is 16.2. The van der Waals surface area contributed by atoms with Gasteiger partial charge in [-0.3, -0.25) is 9.48 Å². The highest BCUT2D eigenvalue weighted by Crippen LogP contribution is 2.17. The zero-order valence-corrected chi connectivity index (χ0v) is 11.9. The second kappa shape index (κ2) is 6.19. The van der Waals surface area contributed by atoms with Crippen LogP contribution in [-0.4, -0.2) is 40.2 Å². The second-order valence-corrected chi connectivity index (χ2v) is 5.40. The van der Waals surface area contributed by atoms with Crippen LogP contribution in [-0.2, 0) is 18.3 Å². The SMILES string of the molecule is Cc1c(CC(CN)C(=O)N2CCCCC2)cnn1C. The summed E-state index contributed by atoms with van der Waals surface area (Å²) < 4.78 is 1.84. The number of hydrogen-bond acceptors (Lipinski definition) is 3. The molecule has 2 rings (SSSR count). The van der Waals surface area contributed by atoms with Crippen LogP contribution in [0.1, 0.15) is 30.5 Å². The fourth-order valence-corrected chi connectivity index (χ4v) is 2.65. The van der Waals surface area contributed by atoms with E-state index in [1.807, 2.05) is 29.7 Å². The van der Waals surface area contributed by atoms with E-state index in [4.69, 9.17) is 5.73 Å². The molecule has 19 heavy (non-hydrogen) atoms. The van der Waals surface area contributed by atoms with Gasteiger partial charge < -0.3 is 10.6 Å². The maximum atomic E-state index is 12.5. The maximum absolute atomic E-state index is 12.5. The lowest BCUT2D eigenvalue weighted by Gasteiger charge is -2.30. The van der Waals surface area contributed by atoms with Crippen molar-refractivity contribution in [2.45, 2.75) is 32.6 Å². The molecule has 5 heteroatoms. The number of aryl methyl sites for hydroxylation is 1. The highest BCUT2D eigenvalue weighted by Gasteiger charge is 2.25. The van der Waals surface area contributed by atoms with Crippen molar-refractivity contribution in [1.29, 1.82) is 0 Å². The van der Waals surface area contributed by atoms with Gasteiger partial charge in [0, 0.05) is 32.4 Å². The fraction of sp³-hybridized carbons (Fsp3) is 0.714. The summed E-state index contributed by atoms with van der Waals surface area (Å²) in [6, 6.07) is 0. The minimum atomic E-state index is -0.110. The van der Waals surface area contributed by atoms with Crippen molar-refractivity contribution in [2.24, 2.45) is 18.7 Å². The largest absolute Gasteiger partial charge is 0.342 e. The number of nitrogens with zero attached hydrogens (tertiary/aromatic N) is 3. The Labute approximate surface area is 114 Å². The molecular weight excluding hydrogens is 240 g/mol. The van der Waals surface area contributed by atoms with Crippen LogP contribution in [0.3, 0.4) is 0 Å². The van der Waals surface area contributed by atoms with Gasteiger partial charge in [0.25, 0.3) is 0 Å². The summed E-state index contributed by atoms with van der Waals surface area (Å²) in [4.78, 5) is 14.4. The zero-order valence-electron chi connectivity index (χ0n) is 11.9. The van der Waals surface area contributed by atoms with Crippen molar-refractivity contribution >= 4 is 5.91 Å². The van der Waals surface area contributed by atoms with Crippen LogP contribution in [0.2, 0.25) is 0 Å². The van der Waals surface area contributed by atoms with Gasteiger partial charge in [-0.2, -0.15) is 5.10 Å². The normalized spacial score (nSPS) is 17.5. The van der Waals surface area contributed by atoms with Crippen LogP contribution in [0, 0.1) is 12.8 Å². The predicted octanol–water partition coefficient (Wildman–Crippen LogP) is 0.858. The van der Waals surface area contributed by atoms with E-state index in [1.54, 1.807) is 0 Å². The molecular formula is C14H24N4O. The number of aromatic nitrogens is 2. The quantitative estimate of drug-likeness (QED) is 0.877.